The third-order valence-electron chi connectivity index (χ3n) is 4.30. The molecule has 118 valence electrons. The van der Waals surface area contributed by atoms with Crippen LogP contribution in [0.3, 0.4) is 0 Å². The number of hydrogen-bond donors (Lipinski definition) is 2. The Labute approximate surface area is 128 Å². The first-order valence-corrected chi connectivity index (χ1v) is 8.10. The molecular formula is C18H29NO2. The molecule has 1 aromatic carbocycles. The van der Waals surface area contributed by atoms with E-state index in [9.17, 15) is 5.11 Å². The second-order valence-electron chi connectivity index (χ2n) is 6.91. The lowest BCUT2D eigenvalue weighted by Gasteiger charge is -2.31. The molecule has 3 nitrogen and oxygen atoms in total. The van der Waals surface area contributed by atoms with Crippen molar-refractivity contribution < 1.29 is 9.84 Å². The van der Waals surface area contributed by atoms with Gasteiger partial charge in [-0.15, -0.1) is 0 Å². The largest absolute Gasteiger partial charge is 0.490 e. The van der Waals surface area contributed by atoms with E-state index in [2.05, 4.69) is 51.2 Å². The Hall–Kier alpha value is -1.06. The van der Waals surface area contributed by atoms with Gasteiger partial charge in [0.1, 0.15) is 11.9 Å². The predicted octanol–water partition coefficient (Wildman–Crippen LogP) is 3.47. The summed E-state index contributed by atoms with van der Waals surface area (Å²) >= 11 is 0. The minimum atomic E-state index is -0.175. The van der Waals surface area contributed by atoms with E-state index in [1.54, 1.807) is 0 Å². The maximum Gasteiger partial charge on any atom is 0.123 e. The van der Waals surface area contributed by atoms with Crippen LogP contribution in [0.2, 0.25) is 0 Å². The van der Waals surface area contributed by atoms with Crippen LogP contribution in [-0.2, 0) is 0 Å². The maximum atomic E-state index is 9.77. The third kappa shape index (κ3) is 3.98. The monoisotopic (exact) mass is 291 g/mol. The van der Waals surface area contributed by atoms with Gasteiger partial charge in [-0.2, -0.15) is 0 Å². The van der Waals surface area contributed by atoms with Gasteiger partial charge in [-0.05, 0) is 30.4 Å². The van der Waals surface area contributed by atoms with Gasteiger partial charge in [-0.1, -0.05) is 45.9 Å². The lowest BCUT2D eigenvalue weighted by atomic mass is 9.97. The fourth-order valence-electron chi connectivity index (χ4n) is 3.35. The summed E-state index contributed by atoms with van der Waals surface area (Å²) in [7, 11) is 0. The van der Waals surface area contributed by atoms with Crippen molar-refractivity contribution in [3.8, 4) is 5.75 Å². The number of benzene rings is 1. The first kappa shape index (κ1) is 16.3. The van der Waals surface area contributed by atoms with E-state index in [0.717, 1.165) is 25.0 Å². The number of aliphatic hydroxyl groups excluding tert-OH is 1. The summed E-state index contributed by atoms with van der Waals surface area (Å²) in [5.41, 5.74) is 1.09. The highest BCUT2D eigenvalue weighted by Gasteiger charge is 2.40. The molecule has 0 aliphatic heterocycles. The van der Waals surface area contributed by atoms with Gasteiger partial charge in [0, 0.05) is 18.0 Å². The predicted molar refractivity (Wildman–Crippen MR) is 86.9 cm³/mol. The van der Waals surface area contributed by atoms with Crippen molar-refractivity contribution >= 4 is 0 Å². The Balaban J connectivity index is 2.06. The summed E-state index contributed by atoms with van der Waals surface area (Å²) in [5.74, 6) is 1.45. The van der Waals surface area contributed by atoms with Gasteiger partial charge in [0.25, 0.3) is 0 Å². The van der Waals surface area contributed by atoms with Crippen LogP contribution in [0.15, 0.2) is 24.3 Å². The minimum absolute atomic E-state index is 0.175. The van der Waals surface area contributed by atoms with E-state index < -0.39 is 0 Å². The quantitative estimate of drug-likeness (QED) is 0.843. The summed E-state index contributed by atoms with van der Waals surface area (Å²) in [4.78, 5) is 0. The summed E-state index contributed by atoms with van der Waals surface area (Å²) in [6, 6.07) is 8.67. The first-order valence-electron chi connectivity index (χ1n) is 8.10. The Morgan fingerprint density at radius 1 is 1.29 bits per heavy atom. The van der Waals surface area contributed by atoms with Crippen molar-refractivity contribution in [1.29, 1.82) is 0 Å². The van der Waals surface area contributed by atoms with Crippen LogP contribution in [0.1, 0.15) is 58.4 Å². The Morgan fingerprint density at radius 2 is 2.00 bits per heavy atom. The summed E-state index contributed by atoms with van der Waals surface area (Å²) in [6.07, 6.45) is 3.01. The molecule has 0 heterocycles. The Morgan fingerprint density at radius 3 is 2.62 bits per heavy atom. The van der Waals surface area contributed by atoms with E-state index in [0.29, 0.717) is 12.0 Å². The van der Waals surface area contributed by atoms with E-state index in [-0.39, 0.29) is 18.2 Å². The van der Waals surface area contributed by atoms with E-state index in [1.165, 1.54) is 5.56 Å². The molecule has 3 heteroatoms. The Kier molecular flexibility index (Phi) is 5.28. The lowest BCUT2D eigenvalue weighted by molar-refractivity contribution is 0.133. The van der Waals surface area contributed by atoms with Gasteiger partial charge in [0.2, 0.25) is 0 Å². The molecule has 2 rings (SSSR count). The number of para-hydroxylation sites is 1. The van der Waals surface area contributed by atoms with Crippen LogP contribution < -0.4 is 10.1 Å². The van der Waals surface area contributed by atoms with Crippen LogP contribution in [0.5, 0.6) is 5.75 Å². The molecule has 1 aliphatic rings. The van der Waals surface area contributed by atoms with Crippen molar-refractivity contribution in [3.05, 3.63) is 29.8 Å². The fourth-order valence-corrected chi connectivity index (χ4v) is 3.35. The highest BCUT2D eigenvalue weighted by atomic mass is 16.5. The van der Waals surface area contributed by atoms with Crippen molar-refractivity contribution in [3.63, 3.8) is 0 Å². The molecule has 0 spiro atoms. The molecule has 0 aromatic heterocycles. The molecule has 1 fully saturated rings. The molecule has 2 N–H and O–H groups in total. The molecular weight excluding hydrogens is 262 g/mol. The Bertz CT molecular complexity index is 458. The average Bonchev–Trinajstić information content (AvgIpc) is 2.82. The highest BCUT2D eigenvalue weighted by Crippen LogP contribution is 2.35. The van der Waals surface area contributed by atoms with Gasteiger partial charge in [-0.3, -0.25) is 0 Å². The van der Waals surface area contributed by atoms with E-state index in [4.69, 9.17) is 4.74 Å². The van der Waals surface area contributed by atoms with E-state index in [1.807, 2.05) is 6.07 Å². The van der Waals surface area contributed by atoms with Crippen LogP contribution in [-0.4, -0.2) is 29.4 Å². The van der Waals surface area contributed by atoms with E-state index >= 15 is 0 Å². The summed E-state index contributed by atoms with van der Waals surface area (Å²) < 4.78 is 6.26. The van der Waals surface area contributed by atoms with Crippen molar-refractivity contribution in [1.82, 2.24) is 5.32 Å². The average molecular weight is 291 g/mol. The zero-order valence-corrected chi connectivity index (χ0v) is 13.7. The summed E-state index contributed by atoms with van der Waals surface area (Å²) in [6.45, 7) is 8.81. The SMILES string of the molecule is CC(C)NC1(CO)CCC(Oc2ccccc2C(C)C)C1. The molecule has 21 heavy (non-hydrogen) atoms. The van der Waals surface area contributed by atoms with Gasteiger partial charge in [0.15, 0.2) is 0 Å². The second-order valence-corrected chi connectivity index (χ2v) is 6.91. The van der Waals surface area contributed by atoms with Gasteiger partial charge < -0.3 is 15.2 Å². The molecule has 2 atom stereocenters. The maximum absolute atomic E-state index is 9.77. The molecule has 1 saturated carbocycles. The number of nitrogens with one attached hydrogen (secondary N) is 1. The molecule has 0 saturated heterocycles. The molecule has 0 amide bonds. The first-order chi connectivity index (χ1) is 9.96. The van der Waals surface area contributed by atoms with Crippen LogP contribution >= 0.6 is 0 Å². The molecule has 1 aromatic rings. The lowest BCUT2D eigenvalue weighted by Crippen LogP contribution is -2.50. The smallest absolute Gasteiger partial charge is 0.123 e. The number of hydrogen-bond acceptors (Lipinski definition) is 3. The summed E-state index contributed by atoms with van der Waals surface area (Å²) in [5, 5.41) is 13.3. The molecule has 0 bridgehead atoms. The fraction of sp³-hybridized carbons (Fsp3) is 0.667. The van der Waals surface area contributed by atoms with Crippen LogP contribution in [0.25, 0.3) is 0 Å². The van der Waals surface area contributed by atoms with Gasteiger partial charge in [0.05, 0.1) is 6.61 Å². The highest BCUT2D eigenvalue weighted by molar-refractivity contribution is 5.35. The second kappa shape index (κ2) is 6.80. The normalized spacial score (nSPS) is 25.8. The zero-order valence-electron chi connectivity index (χ0n) is 13.7. The molecule has 2 unspecified atom stereocenters. The van der Waals surface area contributed by atoms with Crippen LogP contribution in [0.4, 0.5) is 0 Å². The zero-order chi connectivity index (χ0) is 15.5. The number of aliphatic hydroxyl groups is 1. The third-order valence-corrected chi connectivity index (χ3v) is 4.30. The molecule has 0 radical (unpaired) electrons. The number of ether oxygens (including phenoxy) is 1. The van der Waals surface area contributed by atoms with Crippen LogP contribution in [0, 0.1) is 0 Å². The standard InChI is InChI=1S/C18H29NO2/c1-13(2)16-7-5-6-8-17(16)21-15-9-10-18(11-15,12-20)19-14(3)4/h5-8,13-15,19-20H,9-12H2,1-4H3. The van der Waals surface area contributed by atoms with Crippen molar-refractivity contribution in [2.75, 3.05) is 6.61 Å². The molecule has 1 aliphatic carbocycles. The number of rotatable bonds is 6. The topological polar surface area (TPSA) is 41.5 Å². The van der Waals surface area contributed by atoms with Gasteiger partial charge in [-0.25, -0.2) is 0 Å². The van der Waals surface area contributed by atoms with Crippen molar-refractivity contribution in [2.24, 2.45) is 0 Å². The van der Waals surface area contributed by atoms with Gasteiger partial charge >= 0.3 is 0 Å². The van der Waals surface area contributed by atoms with Crippen molar-refractivity contribution in [2.45, 2.75) is 70.6 Å². The minimum Gasteiger partial charge on any atom is -0.490 e.